The van der Waals surface area contributed by atoms with Gasteiger partial charge in [0.05, 0.1) is 12.0 Å². The number of halogens is 1. The van der Waals surface area contributed by atoms with Crippen molar-refractivity contribution in [1.29, 1.82) is 0 Å². The SMILES string of the molecule is CC(C)OC(=O)CC(=O)CCl. The summed E-state index contributed by atoms with van der Waals surface area (Å²) in [7, 11) is 0. The van der Waals surface area contributed by atoms with Crippen LogP contribution in [0.15, 0.2) is 0 Å². The highest BCUT2D eigenvalue weighted by atomic mass is 35.5. The maximum absolute atomic E-state index is 10.7. The molecule has 0 aromatic heterocycles. The Morgan fingerprint density at radius 2 is 2.00 bits per heavy atom. The molecule has 11 heavy (non-hydrogen) atoms. The average molecular weight is 179 g/mol. The van der Waals surface area contributed by atoms with Gasteiger partial charge in [-0.2, -0.15) is 0 Å². The number of Topliss-reactive ketones (excluding diaryl/α,β-unsaturated/α-hetero) is 1. The molecule has 0 heterocycles. The van der Waals surface area contributed by atoms with E-state index in [4.69, 9.17) is 16.3 Å². The van der Waals surface area contributed by atoms with Crippen molar-refractivity contribution in [3.63, 3.8) is 0 Å². The summed E-state index contributed by atoms with van der Waals surface area (Å²) in [6.45, 7) is 3.45. The second-order valence-electron chi connectivity index (χ2n) is 2.39. The van der Waals surface area contributed by atoms with E-state index >= 15 is 0 Å². The molecule has 4 heteroatoms. The molecule has 0 aromatic carbocycles. The maximum atomic E-state index is 10.7. The number of carbonyl (C=O) groups excluding carboxylic acids is 2. The minimum Gasteiger partial charge on any atom is -0.463 e. The number of hydrogen-bond donors (Lipinski definition) is 0. The van der Waals surface area contributed by atoms with Gasteiger partial charge in [-0.1, -0.05) is 0 Å². The average Bonchev–Trinajstić information content (AvgIpc) is 1.85. The summed E-state index contributed by atoms with van der Waals surface area (Å²) >= 11 is 5.18. The van der Waals surface area contributed by atoms with Gasteiger partial charge in [-0.25, -0.2) is 0 Å². The summed E-state index contributed by atoms with van der Waals surface area (Å²) in [6.07, 6.45) is -0.396. The Hall–Kier alpha value is -0.570. The predicted octanol–water partition coefficient (Wildman–Crippen LogP) is 1.14. The fourth-order valence-electron chi connectivity index (χ4n) is 0.513. The minimum absolute atomic E-state index is 0.132. The lowest BCUT2D eigenvalue weighted by atomic mass is 10.3. The molecule has 0 saturated carbocycles. The fraction of sp³-hybridized carbons (Fsp3) is 0.714. The molecule has 0 aliphatic heterocycles. The van der Waals surface area contributed by atoms with Crippen molar-refractivity contribution in [2.75, 3.05) is 5.88 Å². The van der Waals surface area contributed by atoms with E-state index in [2.05, 4.69) is 0 Å². The first-order chi connectivity index (χ1) is 5.06. The molecular formula is C7H11ClO3. The van der Waals surface area contributed by atoms with E-state index in [9.17, 15) is 9.59 Å². The lowest BCUT2D eigenvalue weighted by Gasteiger charge is -2.05. The normalized spacial score (nSPS) is 9.82. The first kappa shape index (κ1) is 10.4. The fourth-order valence-corrected chi connectivity index (χ4v) is 0.607. The zero-order valence-corrected chi connectivity index (χ0v) is 7.35. The van der Waals surface area contributed by atoms with Crippen LogP contribution in [0.2, 0.25) is 0 Å². The van der Waals surface area contributed by atoms with Crippen LogP contribution in [0, 0.1) is 0 Å². The van der Waals surface area contributed by atoms with Crippen LogP contribution in [0.5, 0.6) is 0 Å². The molecule has 0 aliphatic carbocycles. The summed E-state index contributed by atoms with van der Waals surface area (Å²) in [5.74, 6) is -0.948. The third-order valence-electron chi connectivity index (χ3n) is 0.858. The smallest absolute Gasteiger partial charge is 0.313 e. The van der Waals surface area contributed by atoms with Crippen LogP contribution in [0.4, 0.5) is 0 Å². The van der Waals surface area contributed by atoms with Crippen LogP contribution in [0.3, 0.4) is 0 Å². The maximum Gasteiger partial charge on any atom is 0.313 e. The largest absolute Gasteiger partial charge is 0.463 e. The van der Waals surface area contributed by atoms with E-state index in [1.54, 1.807) is 13.8 Å². The summed E-state index contributed by atoms with van der Waals surface area (Å²) in [5.41, 5.74) is 0. The van der Waals surface area contributed by atoms with Gasteiger partial charge in [0.15, 0.2) is 5.78 Å². The highest BCUT2D eigenvalue weighted by molar-refractivity contribution is 6.28. The monoisotopic (exact) mass is 178 g/mol. The predicted molar refractivity (Wildman–Crippen MR) is 41.6 cm³/mol. The van der Waals surface area contributed by atoms with E-state index in [0.717, 1.165) is 0 Å². The van der Waals surface area contributed by atoms with E-state index < -0.39 is 5.97 Å². The molecule has 0 atom stereocenters. The molecule has 0 radical (unpaired) electrons. The zero-order chi connectivity index (χ0) is 8.85. The molecule has 64 valence electrons. The van der Waals surface area contributed by atoms with Gasteiger partial charge in [-0.3, -0.25) is 9.59 Å². The standard InChI is InChI=1S/C7H11ClO3/c1-5(2)11-7(10)3-6(9)4-8/h5H,3-4H2,1-2H3. The Balaban J connectivity index is 3.61. The number of ketones is 1. The molecule has 0 amide bonds. The van der Waals surface area contributed by atoms with Crippen molar-refractivity contribution in [3.05, 3.63) is 0 Å². The third kappa shape index (κ3) is 5.85. The summed E-state index contributed by atoms with van der Waals surface area (Å²) in [5, 5.41) is 0. The van der Waals surface area contributed by atoms with Crippen molar-refractivity contribution in [3.8, 4) is 0 Å². The molecule has 0 aromatic rings. The van der Waals surface area contributed by atoms with Gasteiger partial charge in [0.25, 0.3) is 0 Å². The van der Waals surface area contributed by atoms with Gasteiger partial charge < -0.3 is 4.74 Å². The summed E-state index contributed by atoms with van der Waals surface area (Å²) in [4.78, 5) is 21.3. The minimum atomic E-state index is -0.509. The highest BCUT2D eigenvalue weighted by Gasteiger charge is 2.10. The van der Waals surface area contributed by atoms with Gasteiger partial charge in [-0.15, -0.1) is 11.6 Å². The Bertz CT molecular complexity index is 154. The van der Waals surface area contributed by atoms with E-state index in [1.165, 1.54) is 0 Å². The Morgan fingerprint density at radius 1 is 1.45 bits per heavy atom. The van der Waals surface area contributed by atoms with Gasteiger partial charge in [0.1, 0.15) is 6.42 Å². The quantitative estimate of drug-likeness (QED) is 0.368. The van der Waals surface area contributed by atoms with E-state index in [0.29, 0.717) is 0 Å². The summed E-state index contributed by atoms with van der Waals surface area (Å²) in [6, 6.07) is 0. The van der Waals surface area contributed by atoms with Crippen LogP contribution in [-0.2, 0) is 14.3 Å². The first-order valence-corrected chi connectivity index (χ1v) is 3.87. The van der Waals surface area contributed by atoms with E-state index in [-0.39, 0.29) is 24.2 Å². The molecule has 0 unspecified atom stereocenters. The lowest BCUT2D eigenvalue weighted by molar-refractivity contribution is -0.149. The molecule has 3 nitrogen and oxygen atoms in total. The number of rotatable bonds is 4. The lowest BCUT2D eigenvalue weighted by Crippen LogP contribution is -2.15. The van der Waals surface area contributed by atoms with Crippen LogP contribution in [0.1, 0.15) is 20.3 Å². The van der Waals surface area contributed by atoms with Crippen LogP contribution in [-0.4, -0.2) is 23.7 Å². The summed E-state index contributed by atoms with van der Waals surface area (Å²) < 4.78 is 4.70. The molecule has 0 saturated heterocycles. The van der Waals surface area contributed by atoms with Crippen LogP contribution >= 0.6 is 11.6 Å². The Labute approximate surface area is 70.7 Å². The number of hydrogen-bond acceptors (Lipinski definition) is 3. The number of ether oxygens (including phenoxy) is 1. The van der Waals surface area contributed by atoms with Crippen molar-refractivity contribution >= 4 is 23.4 Å². The molecule has 0 aliphatic rings. The van der Waals surface area contributed by atoms with Gasteiger partial charge in [0, 0.05) is 0 Å². The van der Waals surface area contributed by atoms with Gasteiger partial charge in [0.2, 0.25) is 0 Å². The molecule has 0 fully saturated rings. The van der Waals surface area contributed by atoms with Crippen LogP contribution in [0.25, 0.3) is 0 Å². The number of carbonyl (C=O) groups is 2. The highest BCUT2D eigenvalue weighted by Crippen LogP contribution is 1.95. The van der Waals surface area contributed by atoms with Crippen LogP contribution < -0.4 is 0 Å². The van der Waals surface area contributed by atoms with Crippen molar-refractivity contribution in [2.45, 2.75) is 26.4 Å². The number of esters is 1. The molecule has 0 bridgehead atoms. The third-order valence-corrected chi connectivity index (χ3v) is 1.16. The van der Waals surface area contributed by atoms with Crippen molar-refractivity contribution in [1.82, 2.24) is 0 Å². The van der Waals surface area contributed by atoms with Crippen molar-refractivity contribution in [2.24, 2.45) is 0 Å². The van der Waals surface area contributed by atoms with E-state index in [1.807, 2.05) is 0 Å². The Kier molecular flexibility index (Phi) is 4.86. The zero-order valence-electron chi connectivity index (χ0n) is 6.59. The van der Waals surface area contributed by atoms with Gasteiger partial charge >= 0.3 is 5.97 Å². The first-order valence-electron chi connectivity index (χ1n) is 3.33. The molecule has 0 rings (SSSR count). The molecule has 0 spiro atoms. The topological polar surface area (TPSA) is 43.4 Å². The Morgan fingerprint density at radius 3 is 2.36 bits per heavy atom. The molecule has 0 N–H and O–H groups in total. The van der Waals surface area contributed by atoms with Crippen molar-refractivity contribution < 1.29 is 14.3 Å². The van der Waals surface area contributed by atoms with Gasteiger partial charge in [-0.05, 0) is 13.8 Å². The molecular weight excluding hydrogens is 168 g/mol. The number of alkyl halides is 1. The second kappa shape index (κ2) is 5.13. The second-order valence-corrected chi connectivity index (χ2v) is 2.65.